The number of fused-ring (bicyclic) bond motifs is 1. The maximum absolute atomic E-state index is 14.3. The van der Waals surface area contributed by atoms with Gasteiger partial charge in [0.05, 0.1) is 25.8 Å². The van der Waals surface area contributed by atoms with Crippen LogP contribution in [0.3, 0.4) is 0 Å². The molecular formula is C26H30F2N8O4S. The molecule has 1 fully saturated rings. The molecule has 1 saturated heterocycles. The van der Waals surface area contributed by atoms with Crippen molar-refractivity contribution >= 4 is 27.9 Å². The van der Waals surface area contributed by atoms with E-state index in [-0.39, 0.29) is 29.9 Å². The lowest BCUT2D eigenvalue weighted by Crippen LogP contribution is -2.37. The molecule has 5 rings (SSSR count). The summed E-state index contributed by atoms with van der Waals surface area (Å²) in [5.41, 5.74) is 2.15. The second-order valence-corrected chi connectivity index (χ2v) is 10.3. The highest BCUT2D eigenvalue weighted by Crippen LogP contribution is 2.33. The lowest BCUT2D eigenvalue weighted by atomic mass is 10.0. The topological polar surface area (TPSA) is 128 Å². The summed E-state index contributed by atoms with van der Waals surface area (Å²) >= 11 is 0. The van der Waals surface area contributed by atoms with Crippen molar-refractivity contribution in [2.24, 2.45) is 0 Å². The Bertz CT molecular complexity index is 1580. The number of morpholine rings is 1. The van der Waals surface area contributed by atoms with Crippen molar-refractivity contribution in [1.82, 2.24) is 34.1 Å². The minimum atomic E-state index is -2.90. The number of rotatable bonds is 10. The van der Waals surface area contributed by atoms with Crippen molar-refractivity contribution in [1.29, 1.82) is 0 Å². The summed E-state index contributed by atoms with van der Waals surface area (Å²) in [6.07, 6.45) is -2.90. The summed E-state index contributed by atoms with van der Waals surface area (Å²) in [5, 5.41) is 0. The summed E-state index contributed by atoms with van der Waals surface area (Å²) in [6.45, 7) is 2.22. The molecule has 0 saturated carbocycles. The van der Waals surface area contributed by atoms with Crippen LogP contribution >= 0.6 is 0 Å². The first kappa shape index (κ1) is 28.7. The number of hydrogen-bond donors (Lipinski definition) is 2. The number of halogens is 2. The molecule has 0 radical (unpaired) electrons. The molecule has 2 aromatic heterocycles. The van der Waals surface area contributed by atoms with Gasteiger partial charge in [-0.15, -0.1) is 0 Å². The standard InChI is InChI=1S/C26H30F2N8O4S/c1-34(2)19(15-29-41(37)38)16-7-9-17(10-8-16)23-31-25(35-11-13-40-14-12-35)33-26(32-23)36-18-5-4-6-20(39-3)21(18)30-24(36)22(27)28/h4-10,19,22,41H,11-15H2,1-3H3,(H,29,37,38). The summed E-state index contributed by atoms with van der Waals surface area (Å²) in [6, 6.07) is 12.1. The van der Waals surface area contributed by atoms with Crippen molar-refractivity contribution in [3.63, 3.8) is 0 Å². The molecule has 41 heavy (non-hydrogen) atoms. The van der Waals surface area contributed by atoms with Crippen LogP contribution in [0, 0.1) is 0 Å². The maximum Gasteiger partial charge on any atom is 0.296 e. The molecule has 3 heterocycles. The van der Waals surface area contributed by atoms with E-state index in [9.17, 15) is 17.2 Å². The molecule has 0 amide bonds. The second kappa shape index (κ2) is 12.4. The van der Waals surface area contributed by atoms with E-state index in [1.165, 1.54) is 11.7 Å². The zero-order valence-corrected chi connectivity index (χ0v) is 23.6. The number of likely N-dealkylation sites (N-methyl/N-ethyl adjacent to an activating group) is 1. The Labute approximate surface area is 237 Å². The van der Waals surface area contributed by atoms with Gasteiger partial charge in [-0.2, -0.15) is 15.0 Å². The largest absolute Gasteiger partial charge is 0.494 e. The van der Waals surface area contributed by atoms with Crippen LogP contribution in [0.2, 0.25) is 0 Å². The fraction of sp³-hybridized carbons (Fsp3) is 0.385. The van der Waals surface area contributed by atoms with Crippen molar-refractivity contribution < 1.29 is 26.7 Å². The first-order valence-electron chi connectivity index (χ1n) is 12.8. The molecule has 15 heteroatoms. The number of hydrogen-bond acceptors (Lipinski definition) is 10. The Hall–Kier alpha value is -3.79. The van der Waals surface area contributed by atoms with Gasteiger partial charge < -0.3 is 19.3 Å². The normalized spacial score (nSPS) is 14.9. The van der Waals surface area contributed by atoms with Gasteiger partial charge in [0.25, 0.3) is 6.43 Å². The van der Waals surface area contributed by atoms with Crippen molar-refractivity contribution in [3.05, 3.63) is 53.9 Å². The Balaban J connectivity index is 1.63. The highest BCUT2D eigenvalue weighted by Gasteiger charge is 2.26. The first-order chi connectivity index (χ1) is 19.8. The number of methoxy groups -OCH3 is 1. The quantitative estimate of drug-likeness (QED) is 0.267. The molecule has 218 valence electrons. The van der Waals surface area contributed by atoms with Crippen LogP contribution in [0.25, 0.3) is 28.4 Å². The van der Waals surface area contributed by atoms with Crippen LogP contribution in [-0.2, 0) is 15.6 Å². The second-order valence-electron chi connectivity index (χ2n) is 9.51. The summed E-state index contributed by atoms with van der Waals surface area (Å²) in [7, 11) is 2.44. The van der Waals surface area contributed by atoms with Gasteiger partial charge >= 0.3 is 0 Å². The van der Waals surface area contributed by atoms with E-state index in [0.717, 1.165) is 5.56 Å². The Morgan fingerprint density at radius 2 is 1.73 bits per heavy atom. The molecule has 1 atom stereocenters. The van der Waals surface area contributed by atoms with Gasteiger partial charge in [-0.3, -0.25) is 4.57 Å². The van der Waals surface area contributed by atoms with Crippen LogP contribution in [0.5, 0.6) is 5.75 Å². The molecule has 12 nitrogen and oxygen atoms in total. The average molecular weight is 589 g/mol. The third kappa shape index (κ3) is 6.12. The number of anilines is 1. The summed E-state index contributed by atoms with van der Waals surface area (Å²) in [4.78, 5) is 21.9. The molecular weight excluding hydrogens is 558 g/mol. The van der Waals surface area contributed by atoms with Crippen LogP contribution in [0.4, 0.5) is 14.7 Å². The van der Waals surface area contributed by atoms with Crippen LogP contribution in [-0.4, -0.2) is 91.9 Å². The van der Waals surface area contributed by atoms with E-state index in [1.54, 1.807) is 18.2 Å². The van der Waals surface area contributed by atoms with Crippen LogP contribution in [0.15, 0.2) is 42.5 Å². The number of aromatic nitrogens is 5. The third-order valence-corrected chi connectivity index (χ3v) is 7.23. The number of alkyl halides is 2. The molecule has 2 aromatic carbocycles. The molecule has 1 unspecified atom stereocenters. The highest BCUT2D eigenvalue weighted by atomic mass is 32.2. The molecule has 1 aliphatic rings. The predicted octanol–water partition coefficient (Wildman–Crippen LogP) is 2.38. The van der Waals surface area contributed by atoms with E-state index in [0.29, 0.717) is 49.1 Å². The fourth-order valence-corrected chi connectivity index (χ4v) is 5.04. The van der Waals surface area contributed by atoms with Gasteiger partial charge in [0.1, 0.15) is 11.3 Å². The lowest BCUT2D eigenvalue weighted by molar-refractivity contribution is 0.122. The van der Waals surface area contributed by atoms with Crippen LogP contribution in [0.1, 0.15) is 23.9 Å². The lowest BCUT2D eigenvalue weighted by Gasteiger charge is -2.27. The highest BCUT2D eigenvalue weighted by molar-refractivity contribution is 7.70. The Morgan fingerprint density at radius 3 is 2.37 bits per heavy atom. The van der Waals surface area contributed by atoms with Gasteiger partial charge in [-0.25, -0.2) is 26.9 Å². The van der Waals surface area contributed by atoms with Crippen molar-refractivity contribution in [2.75, 3.05) is 59.0 Å². The third-order valence-electron chi connectivity index (χ3n) is 6.79. The monoisotopic (exact) mass is 588 g/mol. The van der Waals surface area contributed by atoms with Gasteiger partial charge in [-0.1, -0.05) is 30.3 Å². The number of para-hydroxylation sites is 1. The van der Waals surface area contributed by atoms with Crippen molar-refractivity contribution in [3.8, 4) is 23.1 Å². The minimum Gasteiger partial charge on any atom is -0.494 e. The number of imidazole rings is 1. The number of nitrogens with zero attached hydrogens (tertiary/aromatic N) is 7. The van der Waals surface area contributed by atoms with Crippen LogP contribution < -0.4 is 14.4 Å². The van der Waals surface area contributed by atoms with E-state index in [4.69, 9.17) is 14.5 Å². The predicted molar refractivity (Wildman–Crippen MR) is 149 cm³/mol. The number of benzene rings is 2. The number of nitrogens with one attached hydrogen (secondary N) is 1. The molecule has 4 aromatic rings. The Kier molecular flexibility index (Phi) is 8.68. The summed E-state index contributed by atoms with van der Waals surface area (Å²) < 4.78 is 65.3. The zero-order valence-electron chi connectivity index (χ0n) is 22.7. The molecule has 0 aliphatic carbocycles. The van der Waals surface area contributed by atoms with E-state index < -0.39 is 23.1 Å². The minimum absolute atomic E-state index is 0.00115. The zero-order chi connectivity index (χ0) is 29.1. The fourth-order valence-electron chi connectivity index (χ4n) is 4.71. The van der Waals surface area contributed by atoms with Gasteiger partial charge in [0.2, 0.25) is 22.8 Å². The smallest absolute Gasteiger partial charge is 0.296 e. The maximum atomic E-state index is 14.3. The van der Waals surface area contributed by atoms with Gasteiger partial charge in [0.15, 0.2) is 11.6 Å². The average Bonchev–Trinajstić information content (AvgIpc) is 3.38. The summed E-state index contributed by atoms with van der Waals surface area (Å²) in [5.74, 6) is 0.462. The first-order valence-corrected chi connectivity index (χ1v) is 14.0. The molecule has 1 aliphatic heterocycles. The van der Waals surface area contributed by atoms with Crippen molar-refractivity contribution in [2.45, 2.75) is 12.5 Å². The molecule has 0 bridgehead atoms. The number of ether oxygens (including phenoxy) is 2. The molecule has 1 N–H and O–H groups in total. The van der Waals surface area contributed by atoms with E-state index >= 15 is 0 Å². The number of thiol groups is 1. The SMILES string of the molecule is COc1cccc2c1nc(C(F)F)n2-c1nc(-c2ccc(C(CN[SH](=O)=O)N(C)C)cc2)nc(N2CCOCC2)n1. The van der Waals surface area contributed by atoms with Gasteiger partial charge in [-0.05, 0) is 31.8 Å². The van der Waals surface area contributed by atoms with E-state index in [2.05, 4.69) is 19.7 Å². The Morgan fingerprint density at radius 1 is 1.02 bits per heavy atom. The van der Waals surface area contributed by atoms with Gasteiger partial charge in [0, 0.05) is 31.2 Å². The molecule has 0 spiro atoms. The van der Waals surface area contributed by atoms with E-state index in [1.807, 2.05) is 48.2 Å².